The lowest BCUT2D eigenvalue weighted by Crippen LogP contribution is -2.37. The topological polar surface area (TPSA) is 75.5 Å². The number of aryl methyl sites for hydroxylation is 2. The lowest BCUT2D eigenvalue weighted by molar-refractivity contribution is 0.361. The molecule has 0 spiro atoms. The first-order valence-corrected chi connectivity index (χ1v) is 8.95. The predicted octanol–water partition coefficient (Wildman–Crippen LogP) is 1.94. The minimum atomic E-state index is -0.406. The minimum Gasteiger partial charge on any atom is -0.487 e. The lowest BCUT2D eigenvalue weighted by atomic mass is 10.3. The van der Waals surface area contributed by atoms with Gasteiger partial charge in [0.15, 0.2) is 11.2 Å². The summed E-state index contributed by atoms with van der Waals surface area (Å²) in [7, 11) is 3.08. The van der Waals surface area contributed by atoms with Crippen LogP contribution in [-0.4, -0.2) is 29.7 Å². The number of allylic oxidation sites excluding steroid dienone is 1. The first kappa shape index (κ1) is 17.8. The summed E-state index contributed by atoms with van der Waals surface area (Å²) in [5, 5.41) is 0. The van der Waals surface area contributed by atoms with Gasteiger partial charge in [-0.1, -0.05) is 24.3 Å². The van der Waals surface area contributed by atoms with Crippen LogP contribution in [0.1, 0.15) is 12.6 Å². The van der Waals surface area contributed by atoms with Crippen molar-refractivity contribution >= 4 is 16.9 Å². The van der Waals surface area contributed by atoms with Crippen LogP contribution >= 0.6 is 0 Å². The van der Waals surface area contributed by atoms with Crippen LogP contribution in [0.25, 0.3) is 22.6 Å². The fourth-order valence-corrected chi connectivity index (χ4v) is 3.38. The summed E-state index contributed by atoms with van der Waals surface area (Å²) < 4.78 is 12.0. The molecule has 0 N–H and O–H groups in total. The summed E-state index contributed by atoms with van der Waals surface area (Å²) in [6.07, 6.45) is 5.71. The Labute approximate surface area is 160 Å². The number of nitrogens with zero attached hydrogens (tertiary/aromatic N) is 5. The van der Waals surface area contributed by atoms with Gasteiger partial charge in [-0.2, -0.15) is 4.98 Å². The molecule has 0 amide bonds. The molecule has 3 aromatic heterocycles. The zero-order valence-electron chi connectivity index (χ0n) is 16.2. The number of hydrogen-bond acceptors (Lipinski definition) is 4. The van der Waals surface area contributed by atoms with E-state index in [1.807, 2.05) is 61.0 Å². The molecule has 3 heterocycles. The summed E-state index contributed by atoms with van der Waals surface area (Å²) in [6, 6.07) is 7.66. The van der Waals surface area contributed by atoms with Gasteiger partial charge in [0.1, 0.15) is 12.4 Å². The highest BCUT2D eigenvalue weighted by atomic mass is 16.5. The van der Waals surface area contributed by atoms with Crippen molar-refractivity contribution in [2.75, 3.05) is 6.61 Å². The van der Waals surface area contributed by atoms with E-state index >= 15 is 0 Å². The quantitative estimate of drug-likeness (QED) is 0.508. The Morgan fingerprint density at radius 2 is 1.89 bits per heavy atom. The van der Waals surface area contributed by atoms with E-state index < -0.39 is 5.69 Å². The van der Waals surface area contributed by atoms with Gasteiger partial charge in [-0.15, -0.1) is 0 Å². The SMILES string of the molecule is CC=CCOc1ccccc1-n1c(C)cn2c3c(=O)n(C)c(=O)n(C)c3nc12. The van der Waals surface area contributed by atoms with Gasteiger partial charge in [-0.3, -0.25) is 22.9 Å². The molecule has 0 fully saturated rings. The molecule has 0 radical (unpaired) electrons. The fraction of sp³-hybridized carbons (Fsp3) is 0.250. The molecule has 0 unspecified atom stereocenters. The molecule has 8 heteroatoms. The molecule has 1 aromatic carbocycles. The second-order valence-corrected chi connectivity index (χ2v) is 6.61. The number of rotatable bonds is 4. The van der Waals surface area contributed by atoms with Gasteiger partial charge in [0.2, 0.25) is 5.78 Å². The second-order valence-electron chi connectivity index (χ2n) is 6.61. The van der Waals surface area contributed by atoms with Crippen molar-refractivity contribution in [1.29, 1.82) is 0 Å². The van der Waals surface area contributed by atoms with Crippen molar-refractivity contribution in [2.45, 2.75) is 13.8 Å². The van der Waals surface area contributed by atoms with Gasteiger partial charge in [0.25, 0.3) is 5.56 Å². The van der Waals surface area contributed by atoms with Crippen LogP contribution in [0, 0.1) is 6.92 Å². The van der Waals surface area contributed by atoms with Crippen LogP contribution in [-0.2, 0) is 14.1 Å². The Morgan fingerprint density at radius 1 is 1.14 bits per heavy atom. The first-order valence-electron chi connectivity index (χ1n) is 8.95. The molecule has 0 atom stereocenters. The number of ether oxygens (including phenoxy) is 1. The minimum absolute atomic E-state index is 0.351. The molecule has 28 heavy (non-hydrogen) atoms. The highest BCUT2D eigenvalue weighted by Gasteiger charge is 2.20. The van der Waals surface area contributed by atoms with E-state index in [2.05, 4.69) is 4.98 Å². The molecule has 0 aliphatic rings. The molecular weight excluding hydrogens is 358 g/mol. The standard InChI is InChI=1S/C20H21N5O3/c1-5-6-11-28-15-10-8-7-9-14(15)25-13(2)12-24-16-17(21-19(24)25)22(3)20(27)23(4)18(16)26/h5-10,12H,11H2,1-4H3. The summed E-state index contributed by atoms with van der Waals surface area (Å²) in [4.78, 5) is 29.6. The van der Waals surface area contributed by atoms with Gasteiger partial charge >= 0.3 is 5.69 Å². The average molecular weight is 379 g/mol. The van der Waals surface area contributed by atoms with Crippen molar-refractivity contribution in [2.24, 2.45) is 14.1 Å². The number of para-hydroxylation sites is 2. The molecule has 144 valence electrons. The molecule has 0 aliphatic carbocycles. The zero-order valence-corrected chi connectivity index (χ0v) is 16.2. The molecule has 4 rings (SSSR count). The van der Waals surface area contributed by atoms with Crippen LogP contribution in [0.5, 0.6) is 5.75 Å². The lowest BCUT2D eigenvalue weighted by Gasteiger charge is -2.12. The van der Waals surface area contributed by atoms with Crippen LogP contribution < -0.4 is 16.0 Å². The average Bonchev–Trinajstić information content (AvgIpc) is 3.20. The summed E-state index contributed by atoms with van der Waals surface area (Å²) in [6.45, 7) is 4.33. The molecule has 0 saturated heterocycles. The van der Waals surface area contributed by atoms with Gasteiger partial charge < -0.3 is 4.74 Å². The maximum Gasteiger partial charge on any atom is 0.332 e. The third-order valence-corrected chi connectivity index (χ3v) is 4.82. The van der Waals surface area contributed by atoms with E-state index in [0.717, 1.165) is 15.9 Å². The Morgan fingerprint density at radius 3 is 2.64 bits per heavy atom. The third kappa shape index (κ3) is 2.49. The summed E-state index contributed by atoms with van der Waals surface area (Å²) in [5.74, 6) is 1.25. The van der Waals surface area contributed by atoms with Gasteiger partial charge in [-0.25, -0.2) is 4.79 Å². The Kier molecular flexibility index (Phi) is 4.18. The van der Waals surface area contributed by atoms with Crippen LogP contribution in [0.2, 0.25) is 0 Å². The maximum absolute atomic E-state index is 12.7. The highest BCUT2D eigenvalue weighted by Crippen LogP contribution is 2.27. The fourth-order valence-electron chi connectivity index (χ4n) is 3.38. The monoisotopic (exact) mass is 379 g/mol. The third-order valence-electron chi connectivity index (χ3n) is 4.82. The normalized spacial score (nSPS) is 11.9. The molecular formula is C20H21N5O3. The van der Waals surface area contributed by atoms with Crippen molar-refractivity contribution in [3.63, 3.8) is 0 Å². The molecule has 0 bridgehead atoms. The van der Waals surface area contributed by atoms with E-state index in [9.17, 15) is 9.59 Å². The summed E-state index contributed by atoms with van der Waals surface area (Å²) in [5.41, 5.74) is 1.65. The van der Waals surface area contributed by atoms with E-state index in [0.29, 0.717) is 29.3 Å². The van der Waals surface area contributed by atoms with Crippen molar-refractivity contribution in [3.8, 4) is 11.4 Å². The van der Waals surface area contributed by atoms with Crippen molar-refractivity contribution in [1.82, 2.24) is 23.1 Å². The Bertz CT molecular complexity index is 1350. The smallest absolute Gasteiger partial charge is 0.332 e. The van der Waals surface area contributed by atoms with E-state index in [1.54, 1.807) is 11.4 Å². The number of benzene rings is 1. The predicted molar refractivity (Wildman–Crippen MR) is 108 cm³/mol. The highest BCUT2D eigenvalue weighted by molar-refractivity contribution is 5.76. The van der Waals surface area contributed by atoms with Gasteiger partial charge in [-0.05, 0) is 26.0 Å². The number of imidazole rings is 2. The van der Waals surface area contributed by atoms with Crippen LogP contribution in [0.4, 0.5) is 0 Å². The largest absolute Gasteiger partial charge is 0.487 e. The Hall–Kier alpha value is -3.55. The molecule has 8 nitrogen and oxygen atoms in total. The zero-order chi connectivity index (χ0) is 20.0. The van der Waals surface area contributed by atoms with Crippen molar-refractivity contribution < 1.29 is 4.74 Å². The Balaban J connectivity index is 2.04. The van der Waals surface area contributed by atoms with Crippen LogP contribution in [0.3, 0.4) is 0 Å². The van der Waals surface area contributed by atoms with E-state index in [4.69, 9.17) is 4.74 Å². The molecule has 0 aliphatic heterocycles. The molecule has 0 saturated carbocycles. The van der Waals surface area contributed by atoms with Gasteiger partial charge in [0, 0.05) is 26.0 Å². The number of aromatic nitrogens is 5. The second kappa shape index (κ2) is 6.56. The van der Waals surface area contributed by atoms with E-state index in [1.165, 1.54) is 11.6 Å². The van der Waals surface area contributed by atoms with Crippen LogP contribution in [0.15, 0.2) is 52.2 Å². The van der Waals surface area contributed by atoms with E-state index in [-0.39, 0.29) is 5.56 Å². The number of hydrogen-bond donors (Lipinski definition) is 0. The number of fused-ring (bicyclic) bond motifs is 3. The van der Waals surface area contributed by atoms with Crippen molar-refractivity contribution in [3.05, 3.63) is 69.1 Å². The maximum atomic E-state index is 12.7. The first-order chi connectivity index (χ1) is 13.5. The van der Waals surface area contributed by atoms with Gasteiger partial charge in [0.05, 0.1) is 5.69 Å². The molecule has 4 aromatic rings. The summed E-state index contributed by atoms with van der Waals surface area (Å²) >= 11 is 0.